The molecule has 20 heavy (non-hydrogen) atoms. The van der Waals surface area contributed by atoms with Crippen LogP contribution in [0.1, 0.15) is 18.1 Å². The van der Waals surface area contributed by atoms with E-state index in [4.69, 9.17) is 0 Å². The van der Waals surface area contributed by atoms with Gasteiger partial charge in [0, 0.05) is 20.0 Å². The second-order valence-corrected chi connectivity index (χ2v) is 5.03. The molecule has 1 amide bonds. The van der Waals surface area contributed by atoms with Crippen LogP contribution in [0.2, 0.25) is 0 Å². The Morgan fingerprint density at radius 3 is 2.70 bits per heavy atom. The molecule has 3 rings (SSSR count). The van der Waals surface area contributed by atoms with Crippen molar-refractivity contribution in [1.82, 2.24) is 4.98 Å². The quantitative estimate of drug-likeness (QED) is 0.909. The third-order valence-corrected chi connectivity index (χ3v) is 3.52. The van der Waals surface area contributed by atoms with Crippen molar-refractivity contribution in [2.45, 2.75) is 19.9 Å². The minimum absolute atomic E-state index is 0.0774. The smallest absolute Gasteiger partial charge is 0.221 e. The minimum atomic E-state index is -0.0774. The van der Waals surface area contributed by atoms with Gasteiger partial charge in [-0.2, -0.15) is 0 Å². The van der Waals surface area contributed by atoms with E-state index in [1.807, 2.05) is 12.1 Å². The number of aromatic nitrogens is 1. The normalized spacial score (nSPS) is 13.8. The highest BCUT2D eigenvalue weighted by Crippen LogP contribution is 2.23. The fourth-order valence-corrected chi connectivity index (χ4v) is 2.54. The Morgan fingerprint density at radius 1 is 1.20 bits per heavy atom. The molecule has 0 atom stereocenters. The Morgan fingerprint density at radius 2 is 2.00 bits per heavy atom. The lowest BCUT2D eigenvalue weighted by Gasteiger charge is -2.29. The van der Waals surface area contributed by atoms with Gasteiger partial charge in [-0.3, -0.25) is 4.79 Å². The van der Waals surface area contributed by atoms with Crippen LogP contribution in [0, 0.1) is 0 Å². The summed E-state index contributed by atoms with van der Waals surface area (Å²) in [7, 11) is 0. The van der Waals surface area contributed by atoms with E-state index in [2.05, 4.69) is 39.5 Å². The molecule has 4 heteroatoms. The molecule has 0 radical (unpaired) electrons. The number of carbonyl (C=O) groups excluding carboxylic acids is 1. The molecular formula is C16H17N3O. The van der Waals surface area contributed by atoms with Gasteiger partial charge in [-0.05, 0) is 29.7 Å². The van der Waals surface area contributed by atoms with Crippen LogP contribution < -0.4 is 10.2 Å². The molecule has 0 spiro atoms. The van der Waals surface area contributed by atoms with Gasteiger partial charge < -0.3 is 10.2 Å². The van der Waals surface area contributed by atoms with Crippen molar-refractivity contribution in [3.8, 4) is 0 Å². The van der Waals surface area contributed by atoms with Crippen molar-refractivity contribution in [2.24, 2.45) is 0 Å². The van der Waals surface area contributed by atoms with Gasteiger partial charge >= 0.3 is 0 Å². The summed E-state index contributed by atoms with van der Waals surface area (Å²) in [5.74, 6) is 0.875. The standard InChI is InChI=1S/C16H17N3O/c1-12(20)18-15-6-7-16(17-10-15)19-9-8-13-4-2-3-5-14(13)11-19/h2-7,10H,8-9,11H2,1H3,(H,18,20). The largest absolute Gasteiger partial charge is 0.352 e. The van der Waals surface area contributed by atoms with E-state index in [-0.39, 0.29) is 5.91 Å². The molecule has 0 unspecified atom stereocenters. The van der Waals surface area contributed by atoms with Gasteiger partial charge in [-0.25, -0.2) is 4.98 Å². The summed E-state index contributed by atoms with van der Waals surface area (Å²) in [5.41, 5.74) is 3.53. The molecule has 1 N–H and O–H groups in total. The van der Waals surface area contributed by atoms with Crippen LogP contribution in [0.25, 0.3) is 0 Å². The van der Waals surface area contributed by atoms with Crippen LogP contribution >= 0.6 is 0 Å². The number of anilines is 2. The van der Waals surface area contributed by atoms with Gasteiger partial charge in [0.1, 0.15) is 5.82 Å². The fourth-order valence-electron chi connectivity index (χ4n) is 2.54. The predicted octanol–water partition coefficient (Wildman–Crippen LogP) is 2.60. The summed E-state index contributed by atoms with van der Waals surface area (Å²) < 4.78 is 0. The van der Waals surface area contributed by atoms with E-state index in [9.17, 15) is 4.79 Å². The number of nitrogens with one attached hydrogen (secondary N) is 1. The summed E-state index contributed by atoms with van der Waals surface area (Å²) in [6.45, 7) is 3.36. The van der Waals surface area contributed by atoms with Gasteiger partial charge in [0.25, 0.3) is 0 Å². The second kappa shape index (κ2) is 5.33. The Kier molecular flexibility index (Phi) is 3.37. The van der Waals surface area contributed by atoms with Crippen LogP contribution in [-0.4, -0.2) is 17.4 Å². The average molecular weight is 267 g/mol. The van der Waals surface area contributed by atoms with Crippen molar-refractivity contribution in [1.29, 1.82) is 0 Å². The lowest BCUT2D eigenvalue weighted by Crippen LogP contribution is -2.30. The Hall–Kier alpha value is -2.36. The molecule has 1 aliphatic rings. The van der Waals surface area contributed by atoms with E-state index in [0.29, 0.717) is 0 Å². The number of rotatable bonds is 2. The number of carbonyl (C=O) groups is 1. The topological polar surface area (TPSA) is 45.2 Å². The summed E-state index contributed by atoms with van der Waals surface area (Å²) in [6.07, 6.45) is 2.75. The van der Waals surface area contributed by atoms with Gasteiger partial charge in [0.05, 0.1) is 11.9 Å². The van der Waals surface area contributed by atoms with Crippen molar-refractivity contribution in [3.63, 3.8) is 0 Å². The molecule has 0 saturated heterocycles. The molecule has 0 saturated carbocycles. The number of amides is 1. The van der Waals surface area contributed by atoms with Gasteiger partial charge in [0.2, 0.25) is 5.91 Å². The molecule has 1 aromatic carbocycles. The highest BCUT2D eigenvalue weighted by atomic mass is 16.1. The van der Waals surface area contributed by atoms with E-state index in [1.165, 1.54) is 18.1 Å². The summed E-state index contributed by atoms with van der Waals surface area (Å²) >= 11 is 0. The van der Waals surface area contributed by atoms with Crippen molar-refractivity contribution in [3.05, 3.63) is 53.7 Å². The van der Waals surface area contributed by atoms with Crippen LogP contribution in [0.15, 0.2) is 42.6 Å². The maximum absolute atomic E-state index is 11.0. The molecule has 2 heterocycles. The number of hydrogen-bond acceptors (Lipinski definition) is 3. The molecule has 0 fully saturated rings. The molecule has 2 aromatic rings. The minimum Gasteiger partial charge on any atom is -0.352 e. The lowest BCUT2D eigenvalue weighted by molar-refractivity contribution is -0.114. The van der Waals surface area contributed by atoms with Crippen molar-refractivity contribution < 1.29 is 4.79 Å². The molecule has 102 valence electrons. The highest BCUT2D eigenvalue weighted by Gasteiger charge is 2.16. The monoisotopic (exact) mass is 267 g/mol. The SMILES string of the molecule is CC(=O)Nc1ccc(N2CCc3ccccc3C2)nc1. The van der Waals surface area contributed by atoms with Crippen LogP contribution in [0.3, 0.4) is 0 Å². The first-order valence-electron chi connectivity index (χ1n) is 6.78. The molecular weight excluding hydrogens is 250 g/mol. The first kappa shape index (κ1) is 12.7. The van der Waals surface area contributed by atoms with E-state index in [0.717, 1.165) is 31.0 Å². The third-order valence-electron chi connectivity index (χ3n) is 3.52. The predicted molar refractivity (Wildman–Crippen MR) is 79.7 cm³/mol. The molecule has 0 aliphatic carbocycles. The summed E-state index contributed by atoms with van der Waals surface area (Å²) in [4.78, 5) is 17.7. The van der Waals surface area contributed by atoms with Crippen molar-refractivity contribution >= 4 is 17.4 Å². The van der Waals surface area contributed by atoms with Gasteiger partial charge in [-0.15, -0.1) is 0 Å². The second-order valence-electron chi connectivity index (χ2n) is 5.03. The zero-order valence-electron chi connectivity index (χ0n) is 11.5. The zero-order valence-corrected chi connectivity index (χ0v) is 11.5. The number of benzene rings is 1. The Labute approximate surface area is 118 Å². The van der Waals surface area contributed by atoms with Gasteiger partial charge in [-0.1, -0.05) is 24.3 Å². The van der Waals surface area contributed by atoms with Crippen molar-refractivity contribution in [2.75, 3.05) is 16.8 Å². The zero-order chi connectivity index (χ0) is 13.9. The Bertz CT molecular complexity index is 622. The maximum Gasteiger partial charge on any atom is 0.221 e. The first-order valence-corrected chi connectivity index (χ1v) is 6.78. The van der Waals surface area contributed by atoms with Gasteiger partial charge in [0.15, 0.2) is 0 Å². The highest BCUT2D eigenvalue weighted by molar-refractivity contribution is 5.88. The average Bonchev–Trinajstić information content (AvgIpc) is 2.47. The lowest BCUT2D eigenvalue weighted by atomic mass is 10.00. The van der Waals surface area contributed by atoms with Crippen LogP contribution in [-0.2, 0) is 17.8 Å². The number of pyridine rings is 1. The molecule has 4 nitrogen and oxygen atoms in total. The summed E-state index contributed by atoms with van der Waals surface area (Å²) in [6, 6.07) is 12.4. The number of nitrogens with zero attached hydrogens (tertiary/aromatic N) is 2. The third kappa shape index (κ3) is 2.64. The number of hydrogen-bond donors (Lipinski definition) is 1. The summed E-state index contributed by atoms with van der Waals surface area (Å²) in [5, 5.41) is 2.73. The van der Waals surface area contributed by atoms with E-state index >= 15 is 0 Å². The molecule has 1 aromatic heterocycles. The van der Waals surface area contributed by atoms with Crippen LogP contribution in [0.5, 0.6) is 0 Å². The van der Waals surface area contributed by atoms with E-state index < -0.39 is 0 Å². The van der Waals surface area contributed by atoms with Crippen LogP contribution in [0.4, 0.5) is 11.5 Å². The number of fused-ring (bicyclic) bond motifs is 1. The molecule has 0 bridgehead atoms. The Balaban J connectivity index is 1.76. The first-order chi connectivity index (χ1) is 9.72. The van der Waals surface area contributed by atoms with E-state index in [1.54, 1.807) is 6.20 Å². The molecule has 1 aliphatic heterocycles. The maximum atomic E-state index is 11.0. The fraction of sp³-hybridized carbons (Fsp3) is 0.250.